The van der Waals surface area contributed by atoms with Crippen molar-refractivity contribution in [3.8, 4) is 16.9 Å². The Labute approximate surface area is 166 Å². The van der Waals surface area contributed by atoms with E-state index in [9.17, 15) is 13.2 Å². The van der Waals surface area contributed by atoms with Gasteiger partial charge in [-0.3, -0.25) is 9.80 Å². The number of anilines is 1. The molecule has 4 rings (SSSR count). The van der Waals surface area contributed by atoms with E-state index in [0.29, 0.717) is 28.7 Å². The predicted octanol–water partition coefficient (Wildman–Crippen LogP) is 2.63. The molecule has 2 heterocycles. The van der Waals surface area contributed by atoms with Crippen LogP contribution in [0, 0.1) is 12.8 Å². The van der Waals surface area contributed by atoms with Crippen LogP contribution in [0.2, 0.25) is 0 Å². The minimum Gasteiger partial charge on any atom is -0.493 e. The summed E-state index contributed by atoms with van der Waals surface area (Å²) in [5.74, 6) is 1.26. The van der Waals surface area contributed by atoms with E-state index in [0.717, 1.165) is 16.8 Å². The Kier molecular flexibility index (Phi) is 4.62. The normalized spacial score (nSPS) is 18.7. The lowest BCUT2D eigenvalue weighted by atomic mass is 10.0. The van der Waals surface area contributed by atoms with Crippen molar-refractivity contribution in [2.45, 2.75) is 24.7 Å². The van der Waals surface area contributed by atoms with E-state index in [1.807, 2.05) is 18.2 Å². The zero-order valence-corrected chi connectivity index (χ0v) is 17.9. The molecule has 1 fully saturated rings. The van der Waals surface area contributed by atoms with Crippen molar-refractivity contribution < 1.29 is 13.2 Å². The summed E-state index contributed by atoms with van der Waals surface area (Å²) in [5, 5.41) is 1.61. The highest BCUT2D eigenvalue weighted by Gasteiger charge is 2.30. The lowest BCUT2D eigenvalue weighted by Gasteiger charge is -2.17. The SMILES string of the molecule is Cc1cc(-c2cc3c(cc2OCC2CC2)N(C)N=S3S(C)(=O)=O)cn(C)c1=O. The summed E-state index contributed by atoms with van der Waals surface area (Å²) in [4.78, 5) is 12.8. The van der Waals surface area contributed by atoms with Crippen LogP contribution in [-0.2, 0) is 25.6 Å². The molecule has 1 aliphatic carbocycles. The van der Waals surface area contributed by atoms with E-state index < -0.39 is 18.6 Å². The number of aromatic nitrogens is 1. The molecular weight excluding hydrogens is 398 g/mol. The fraction of sp³-hybridized carbons (Fsp3) is 0.421. The fourth-order valence-electron chi connectivity index (χ4n) is 3.23. The molecule has 0 amide bonds. The Bertz CT molecular complexity index is 1140. The standard InChI is InChI=1S/C19H23N3O4S2/c1-12-7-14(10-21(2)19(12)23)15-8-18-16(9-17(15)26-11-13-5-6-13)22(3)20-27(18)28(4,24)25/h7-10,13H,5-6,11H2,1-4H3. The first kappa shape index (κ1) is 19.2. The van der Waals surface area contributed by atoms with Crippen LogP contribution in [-0.4, -0.2) is 32.9 Å². The van der Waals surface area contributed by atoms with Gasteiger partial charge in [-0.05, 0) is 37.8 Å². The van der Waals surface area contributed by atoms with E-state index >= 15 is 0 Å². The van der Waals surface area contributed by atoms with Crippen molar-refractivity contribution in [1.82, 2.24) is 4.57 Å². The van der Waals surface area contributed by atoms with E-state index in [1.54, 1.807) is 32.2 Å². The highest BCUT2D eigenvalue weighted by Crippen LogP contribution is 2.43. The Balaban J connectivity index is 1.90. The number of nitrogens with zero attached hydrogens (tertiary/aromatic N) is 3. The number of fused-ring (bicyclic) bond motifs is 1. The van der Waals surface area contributed by atoms with Gasteiger partial charge in [0.2, 0.25) is 8.87 Å². The lowest BCUT2D eigenvalue weighted by Crippen LogP contribution is -2.18. The zero-order valence-electron chi connectivity index (χ0n) is 16.3. The third-order valence-electron chi connectivity index (χ3n) is 4.93. The zero-order chi connectivity index (χ0) is 20.2. The van der Waals surface area contributed by atoms with Crippen LogP contribution < -0.4 is 15.3 Å². The first-order valence-electron chi connectivity index (χ1n) is 9.04. The summed E-state index contributed by atoms with van der Waals surface area (Å²) in [5.41, 5.74) is 2.91. The van der Waals surface area contributed by atoms with Gasteiger partial charge >= 0.3 is 0 Å². The molecule has 0 radical (unpaired) electrons. The van der Waals surface area contributed by atoms with Crippen molar-refractivity contribution in [1.29, 1.82) is 0 Å². The van der Waals surface area contributed by atoms with E-state index in [4.69, 9.17) is 4.74 Å². The molecule has 9 heteroatoms. The smallest absolute Gasteiger partial charge is 0.253 e. The molecule has 1 aromatic carbocycles. The summed E-state index contributed by atoms with van der Waals surface area (Å²) in [6.45, 7) is 2.41. The van der Waals surface area contributed by atoms with E-state index in [1.165, 1.54) is 23.7 Å². The second-order valence-corrected chi connectivity index (χ2v) is 12.7. The van der Waals surface area contributed by atoms with E-state index in [2.05, 4.69) is 4.47 Å². The quantitative estimate of drug-likeness (QED) is 0.694. The highest BCUT2D eigenvalue weighted by molar-refractivity contribution is 8.64. The third-order valence-corrected chi connectivity index (χ3v) is 9.06. The predicted molar refractivity (Wildman–Crippen MR) is 111 cm³/mol. The molecule has 150 valence electrons. The third kappa shape index (κ3) is 3.48. The van der Waals surface area contributed by atoms with Gasteiger partial charge in [0, 0.05) is 43.0 Å². The minimum atomic E-state index is -3.38. The van der Waals surface area contributed by atoms with Crippen molar-refractivity contribution in [3.05, 3.63) is 40.3 Å². The summed E-state index contributed by atoms with van der Waals surface area (Å²) in [6.07, 6.45) is 5.31. The van der Waals surface area contributed by atoms with Gasteiger partial charge in [-0.1, -0.05) is 0 Å². The van der Waals surface area contributed by atoms with Gasteiger partial charge in [-0.25, -0.2) is 8.42 Å². The number of rotatable bonds is 5. The number of benzene rings is 1. The van der Waals surface area contributed by atoms with Crippen LogP contribution in [0.5, 0.6) is 5.75 Å². The molecule has 1 unspecified atom stereocenters. The van der Waals surface area contributed by atoms with Crippen LogP contribution >= 0.6 is 0 Å². The van der Waals surface area contributed by atoms with Crippen LogP contribution in [0.1, 0.15) is 18.4 Å². The molecule has 0 spiro atoms. The summed E-state index contributed by atoms with van der Waals surface area (Å²) in [6, 6.07) is 5.55. The lowest BCUT2D eigenvalue weighted by molar-refractivity contribution is 0.301. The number of hydrogen-bond donors (Lipinski definition) is 0. The monoisotopic (exact) mass is 421 g/mol. The van der Waals surface area contributed by atoms with Crippen LogP contribution in [0.3, 0.4) is 0 Å². The molecule has 0 saturated heterocycles. The largest absolute Gasteiger partial charge is 0.493 e. The second kappa shape index (κ2) is 6.73. The fourth-order valence-corrected chi connectivity index (χ4v) is 6.70. The molecule has 0 bridgehead atoms. The molecular formula is C19H23N3O4S2. The number of aryl methyl sites for hydroxylation is 2. The molecule has 1 aliphatic heterocycles. The minimum absolute atomic E-state index is 0.0593. The number of pyridine rings is 1. The summed E-state index contributed by atoms with van der Waals surface area (Å²) in [7, 11) is -1.18. The molecule has 0 N–H and O–H groups in total. The average Bonchev–Trinajstić information content (AvgIpc) is 3.39. The van der Waals surface area contributed by atoms with Gasteiger partial charge in [0.25, 0.3) is 5.56 Å². The Hall–Kier alpha value is -2.13. The maximum Gasteiger partial charge on any atom is 0.253 e. The molecule has 28 heavy (non-hydrogen) atoms. The Morgan fingerprint density at radius 1 is 1.25 bits per heavy atom. The van der Waals surface area contributed by atoms with Gasteiger partial charge in [0.15, 0.2) is 0 Å². The van der Waals surface area contributed by atoms with Crippen molar-refractivity contribution in [2.75, 3.05) is 24.9 Å². The van der Waals surface area contributed by atoms with Gasteiger partial charge in [0.1, 0.15) is 5.75 Å². The van der Waals surface area contributed by atoms with Crippen LogP contribution in [0.25, 0.3) is 11.1 Å². The van der Waals surface area contributed by atoms with Gasteiger partial charge in [-0.15, -0.1) is 4.47 Å². The van der Waals surface area contributed by atoms with Gasteiger partial charge in [-0.2, -0.15) is 0 Å². The number of hydrogen-bond acceptors (Lipinski definition) is 6. The average molecular weight is 422 g/mol. The topological polar surface area (TPSA) is 81.0 Å². The van der Waals surface area contributed by atoms with Crippen molar-refractivity contribution in [2.24, 2.45) is 17.4 Å². The number of ether oxygens (including phenoxy) is 1. The maximum atomic E-state index is 12.3. The van der Waals surface area contributed by atoms with Crippen molar-refractivity contribution in [3.63, 3.8) is 0 Å². The van der Waals surface area contributed by atoms with Gasteiger partial charge in [0.05, 0.1) is 33.2 Å². The van der Waals surface area contributed by atoms with Crippen LogP contribution in [0.15, 0.2) is 38.6 Å². The molecule has 1 aromatic heterocycles. The molecule has 7 nitrogen and oxygen atoms in total. The molecule has 1 atom stereocenters. The Morgan fingerprint density at radius 2 is 1.96 bits per heavy atom. The summed E-state index contributed by atoms with van der Waals surface area (Å²) >= 11 is 0. The first-order chi connectivity index (χ1) is 13.1. The summed E-state index contributed by atoms with van der Waals surface area (Å²) < 4.78 is 36.5. The molecule has 1 saturated carbocycles. The molecule has 2 aliphatic rings. The second-order valence-electron chi connectivity index (χ2n) is 7.46. The maximum absolute atomic E-state index is 12.3. The van der Waals surface area contributed by atoms with Gasteiger partial charge < -0.3 is 9.30 Å². The Morgan fingerprint density at radius 3 is 2.57 bits per heavy atom. The molecule has 2 aromatic rings. The highest BCUT2D eigenvalue weighted by atomic mass is 33.2. The first-order valence-corrected chi connectivity index (χ1v) is 12.6. The van der Waals surface area contributed by atoms with Crippen LogP contribution in [0.4, 0.5) is 5.69 Å². The van der Waals surface area contributed by atoms with E-state index in [-0.39, 0.29) is 5.56 Å². The van der Waals surface area contributed by atoms with Crippen molar-refractivity contribution >= 4 is 24.3 Å².